The molecule has 0 amide bonds. The zero-order valence-electron chi connectivity index (χ0n) is 27.5. The average Bonchev–Trinajstić information content (AvgIpc) is 3.63. The van der Waals surface area contributed by atoms with Gasteiger partial charge in [0, 0.05) is 40.9 Å². The molecule has 0 saturated heterocycles. The van der Waals surface area contributed by atoms with E-state index in [-0.39, 0.29) is 0 Å². The lowest BCUT2D eigenvalue weighted by Gasteiger charge is -2.19. The monoisotopic (exact) mass is 604 g/mol. The van der Waals surface area contributed by atoms with Gasteiger partial charge >= 0.3 is 0 Å². The number of pyridine rings is 1. The van der Waals surface area contributed by atoms with Crippen molar-refractivity contribution in [1.29, 1.82) is 0 Å². The summed E-state index contributed by atoms with van der Waals surface area (Å²) in [6.45, 7) is 13.4. The molecule has 46 heavy (non-hydrogen) atoms. The van der Waals surface area contributed by atoms with Crippen molar-refractivity contribution in [3.63, 3.8) is 0 Å². The molecule has 0 bridgehead atoms. The number of para-hydroxylation sites is 1. The molecule has 0 aliphatic carbocycles. The van der Waals surface area contributed by atoms with E-state index in [1.165, 1.54) is 39.6 Å². The lowest BCUT2D eigenvalue weighted by molar-refractivity contribution is 0.378. The lowest BCUT2D eigenvalue weighted by atomic mass is 9.87. The highest BCUT2D eigenvalue weighted by atomic mass is 16.5. The van der Waals surface area contributed by atoms with Gasteiger partial charge in [-0.05, 0) is 109 Å². The maximum absolute atomic E-state index is 6.47. The minimum atomic E-state index is 0.325. The molecule has 0 atom stereocenters. The van der Waals surface area contributed by atoms with Crippen LogP contribution in [0.25, 0.3) is 44.4 Å². The van der Waals surface area contributed by atoms with E-state index < -0.39 is 0 Å². The number of hydrogen-bond donors (Lipinski definition) is 0. The molecule has 5 nitrogen and oxygen atoms in total. The van der Waals surface area contributed by atoms with Crippen molar-refractivity contribution >= 4 is 21.8 Å². The van der Waals surface area contributed by atoms with Crippen LogP contribution in [0.1, 0.15) is 49.4 Å². The lowest BCUT2D eigenvalue weighted by Crippen LogP contribution is -2.06. The highest BCUT2D eigenvalue weighted by Gasteiger charge is 2.16. The summed E-state index contributed by atoms with van der Waals surface area (Å²) in [6, 6.07) is 31.7. The van der Waals surface area contributed by atoms with Crippen molar-refractivity contribution < 1.29 is 4.74 Å². The zero-order chi connectivity index (χ0) is 32.0. The second-order valence-electron chi connectivity index (χ2n) is 13.7. The van der Waals surface area contributed by atoms with Crippen molar-refractivity contribution in [2.24, 2.45) is 5.41 Å². The third kappa shape index (κ3) is 5.81. The number of nitrogens with zero attached hydrogens (tertiary/aromatic N) is 4. The number of rotatable bonds is 7. The fourth-order valence-corrected chi connectivity index (χ4v) is 6.49. The molecular weight excluding hydrogens is 564 g/mol. The van der Waals surface area contributed by atoms with E-state index >= 15 is 0 Å². The molecule has 0 saturated carbocycles. The van der Waals surface area contributed by atoms with E-state index in [4.69, 9.17) is 14.8 Å². The molecule has 0 radical (unpaired) electrons. The van der Waals surface area contributed by atoms with Crippen molar-refractivity contribution in [3.8, 4) is 34.1 Å². The molecule has 0 N–H and O–H groups in total. The van der Waals surface area contributed by atoms with Gasteiger partial charge in [0.15, 0.2) is 0 Å². The van der Waals surface area contributed by atoms with Gasteiger partial charge in [-0.3, -0.25) is 4.57 Å². The molecule has 5 heteroatoms. The molecule has 0 aliphatic heterocycles. The van der Waals surface area contributed by atoms with Crippen LogP contribution in [-0.2, 0) is 6.42 Å². The standard InChI is InChI=1S/C41H40N4O/c1-27-17-19-42-39(20-27)45-37-13-8-7-12-35(37)36-15-14-34(24-38(36)45)46-33-11-9-10-32(23-33)44-26-31(25-43-44)40-28(2)21-30(22-29(40)3)16-18-41(4,5)6/h7-15,17,19-26H,16,18H2,1-6H3. The zero-order valence-corrected chi connectivity index (χ0v) is 27.5. The molecule has 0 spiro atoms. The van der Waals surface area contributed by atoms with E-state index in [1.54, 1.807) is 0 Å². The Morgan fingerprint density at radius 1 is 0.739 bits per heavy atom. The number of aromatic nitrogens is 4. The van der Waals surface area contributed by atoms with E-state index in [0.29, 0.717) is 5.41 Å². The van der Waals surface area contributed by atoms with Crippen LogP contribution in [-0.4, -0.2) is 19.3 Å². The molecule has 0 unspecified atom stereocenters. The van der Waals surface area contributed by atoms with Gasteiger partial charge in [-0.1, -0.05) is 57.2 Å². The Labute approximate surface area is 271 Å². The van der Waals surface area contributed by atoms with Crippen LogP contribution in [0.2, 0.25) is 0 Å². The first-order valence-electron chi connectivity index (χ1n) is 16.0. The number of benzene rings is 4. The van der Waals surface area contributed by atoms with Crippen LogP contribution in [0.5, 0.6) is 11.5 Å². The minimum Gasteiger partial charge on any atom is -0.457 e. The van der Waals surface area contributed by atoms with E-state index in [0.717, 1.165) is 51.4 Å². The molecule has 7 aromatic rings. The number of hydrogen-bond acceptors (Lipinski definition) is 3. The maximum Gasteiger partial charge on any atom is 0.137 e. The van der Waals surface area contributed by atoms with E-state index in [9.17, 15) is 0 Å². The fraction of sp³-hybridized carbons (Fsp3) is 0.220. The van der Waals surface area contributed by atoms with Crippen molar-refractivity contribution in [2.45, 2.75) is 54.4 Å². The summed E-state index contributed by atoms with van der Waals surface area (Å²) < 4.78 is 10.6. The summed E-state index contributed by atoms with van der Waals surface area (Å²) in [7, 11) is 0. The molecule has 0 aliphatic rings. The van der Waals surface area contributed by atoms with Gasteiger partial charge in [0.25, 0.3) is 0 Å². The Kier molecular flexibility index (Phi) is 7.48. The highest BCUT2D eigenvalue weighted by Crippen LogP contribution is 2.36. The Hall–Kier alpha value is -5.16. The quantitative estimate of drug-likeness (QED) is 0.182. The third-order valence-corrected chi connectivity index (χ3v) is 8.72. The van der Waals surface area contributed by atoms with Crippen LogP contribution >= 0.6 is 0 Å². The third-order valence-electron chi connectivity index (χ3n) is 8.72. The first-order valence-corrected chi connectivity index (χ1v) is 16.0. The Bertz CT molecular complexity index is 2190. The number of aryl methyl sites for hydroxylation is 4. The predicted octanol–water partition coefficient (Wildman–Crippen LogP) is 10.7. The topological polar surface area (TPSA) is 44.9 Å². The summed E-state index contributed by atoms with van der Waals surface area (Å²) >= 11 is 0. The molecular formula is C41H40N4O. The normalized spacial score (nSPS) is 11.9. The number of fused-ring (bicyclic) bond motifs is 3. The predicted molar refractivity (Wildman–Crippen MR) is 190 cm³/mol. The summed E-state index contributed by atoms with van der Waals surface area (Å²) in [6.07, 6.45) is 8.20. The van der Waals surface area contributed by atoms with Crippen LogP contribution < -0.4 is 4.74 Å². The average molecular weight is 605 g/mol. The summed E-state index contributed by atoms with van der Waals surface area (Å²) in [5, 5.41) is 7.11. The largest absolute Gasteiger partial charge is 0.457 e. The van der Waals surface area contributed by atoms with Gasteiger partial charge in [0.1, 0.15) is 17.3 Å². The van der Waals surface area contributed by atoms with Gasteiger partial charge in [-0.2, -0.15) is 5.10 Å². The first kappa shape index (κ1) is 29.5. The summed E-state index contributed by atoms with van der Waals surface area (Å²) in [5.41, 5.74) is 11.0. The molecule has 3 heterocycles. The smallest absolute Gasteiger partial charge is 0.137 e. The van der Waals surface area contributed by atoms with Crippen LogP contribution in [0.3, 0.4) is 0 Å². The van der Waals surface area contributed by atoms with Crippen LogP contribution in [0.15, 0.2) is 110 Å². The molecule has 230 valence electrons. The molecule has 7 rings (SSSR count). The molecule has 4 aromatic carbocycles. The van der Waals surface area contributed by atoms with Crippen molar-refractivity contribution in [3.05, 3.63) is 132 Å². The van der Waals surface area contributed by atoms with Crippen LogP contribution in [0.4, 0.5) is 0 Å². The van der Waals surface area contributed by atoms with Gasteiger partial charge in [0.2, 0.25) is 0 Å². The SMILES string of the molecule is Cc1ccnc(-n2c3ccccc3c3ccc(Oc4cccc(-n5cc(-c6c(C)cc(CCC(C)(C)C)cc6C)cn5)c4)cc32)c1. The van der Waals surface area contributed by atoms with Gasteiger partial charge < -0.3 is 4.74 Å². The van der Waals surface area contributed by atoms with Gasteiger partial charge in [-0.15, -0.1) is 0 Å². The fourth-order valence-electron chi connectivity index (χ4n) is 6.49. The minimum absolute atomic E-state index is 0.325. The first-order chi connectivity index (χ1) is 22.1. The van der Waals surface area contributed by atoms with Gasteiger partial charge in [-0.25, -0.2) is 9.67 Å². The molecule has 3 aromatic heterocycles. The Morgan fingerprint density at radius 3 is 2.28 bits per heavy atom. The van der Waals surface area contributed by atoms with Gasteiger partial charge in [0.05, 0.1) is 22.9 Å². The van der Waals surface area contributed by atoms with Crippen molar-refractivity contribution in [2.75, 3.05) is 0 Å². The Balaban J connectivity index is 1.18. The summed E-state index contributed by atoms with van der Waals surface area (Å²) in [4.78, 5) is 4.71. The second-order valence-corrected chi connectivity index (χ2v) is 13.7. The Morgan fingerprint density at radius 2 is 1.50 bits per heavy atom. The van der Waals surface area contributed by atoms with E-state index in [1.807, 2.05) is 47.4 Å². The molecule has 0 fully saturated rings. The second kappa shape index (κ2) is 11.6. The number of ether oxygens (including phenoxy) is 1. The highest BCUT2D eigenvalue weighted by molar-refractivity contribution is 6.09. The summed E-state index contributed by atoms with van der Waals surface area (Å²) in [5.74, 6) is 2.41. The maximum atomic E-state index is 6.47. The van der Waals surface area contributed by atoms with Crippen LogP contribution in [0, 0.1) is 26.2 Å². The van der Waals surface area contributed by atoms with Crippen molar-refractivity contribution in [1.82, 2.24) is 19.3 Å². The van der Waals surface area contributed by atoms with E-state index in [2.05, 4.69) is 113 Å².